The van der Waals surface area contributed by atoms with E-state index < -0.39 is 0 Å². The van der Waals surface area contributed by atoms with Gasteiger partial charge in [-0.1, -0.05) is 18.2 Å². The lowest BCUT2D eigenvalue weighted by atomic mass is 9.96. The third-order valence-corrected chi connectivity index (χ3v) is 5.85. The van der Waals surface area contributed by atoms with E-state index in [4.69, 9.17) is 0 Å². The molecule has 0 aliphatic carbocycles. The third kappa shape index (κ3) is 3.84. The number of carbonyl (C=O) groups excluding carboxylic acids is 1. The number of hydrogen-bond acceptors (Lipinski definition) is 5. The molecule has 3 aromatic heterocycles. The minimum atomic E-state index is -0.112. The van der Waals surface area contributed by atoms with Crippen molar-refractivity contribution in [3.05, 3.63) is 77.0 Å². The lowest BCUT2D eigenvalue weighted by Gasteiger charge is -2.31. The Morgan fingerprint density at radius 3 is 2.61 bits per heavy atom. The molecular formula is C23H22N6O2. The number of para-hydroxylation sites is 1. The average molecular weight is 414 g/mol. The van der Waals surface area contributed by atoms with Gasteiger partial charge in [-0.3, -0.25) is 19.7 Å². The standard InChI is InChI=1S/C23H22N6O2/c30-21-6-5-19(17-7-11-24-12-8-17)27-29(21)15-16-9-13-28(14-10-16)23(31)22-18-3-1-2-4-20(18)25-26-22/h1-8,11-12,16H,9-10,13-15H2,(H,25,26). The Morgan fingerprint density at radius 2 is 1.81 bits per heavy atom. The lowest BCUT2D eigenvalue weighted by molar-refractivity contribution is 0.0676. The van der Waals surface area contributed by atoms with E-state index in [1.807, 2.05) is 41.3 Å². The first-order valence-corrected chi connectivity index (χ1v) is 10.4. The monoisotopic (exact) mass is 414 g/mol. The predicted molar refractivity (Wildman–Crippen MR) is 116 cm³/mol. The van der Waals surface area contributed by atoms with Crippen LogP contribution in [0.3, 0.4) is 0 Å². The van der Waals surface area contributed by atoms with Crippen LogP contribution in [-0.4, -0.2) is 48.9 Å². The highest BCUT2D eigenvalue weighted by Crippen LogP contribution is 2.23. The van der Waals surface area contributed by atoms with Crippen LogP contribution in [0, 0.1) is 5.92 Å². The first kappa shape index (κ1) is 19.2. The highest BCUT2D eigenvalue weighted by atomic mass is 16.2. The van der Waals surface area contributed by atoms with Gasteiger partial charge in [-0.15, -0.1) is 0 Å². The quantitative estimate of drug-likeness (QED) is 0.554. The van der Waals surface area contributed by atoms with Gasteiger partial charge in [-0.25, -0.2) is 4.68 Å². The number of likely N-dealkylation sites (tertiary alicyclic amines) is 1. The van der Waals surface area contributed by atoms with E-state index >= 15 is 0 Å². The molecule has 1 aliphatic rings. The topological polar surface area (TPSA) is 96.8 Å². The fourth-order valence-electron chi connectivity index (χ4n) is 4.10. The van der Waals surface area contributed by atoms with Gasteiger partial charge < -0.3 is 4.90 Å². The number of fused-ring (bicyclic) bond motifs is 1. The molecule has 4 aromatic rings. The molecule has 1 N–H and O–H groups in total. The zero-order valence-electron chi connectivity index (χ0n) is 16.9. The van der Waals surface area contributed by atoms with Crippen LogP contribution < -0.4 is 5.56 Å². The van der Waals surface area contributed by atoms with Crippen molar-refractivity contribution in [2.24, 2.45) is 5.92 Å². The van der Waals surface area contributed by atoms with E-state index in [1.54, 1.807) is 29.2 Å². The maximum Gasteiger partial charge on any atom is 0.274 e. The Labute approximate surface area is 178 Å². The Hall–Kier alpha value is -3.81. The van der Waals surface area contributed by atoms with E-state index in [1.165, 1.54) is 0 Å². The summed E-state index contributed by atoms with van der Waals surface area (Å²) >= 11 is 0. The van der Waals surface area contributed by atoms with Crippen LogP contribution in [0.15, 0.2) is 65.7 Å². The van der Waals surface area contributed by atoms with Crippen LogP contribution in [-0.2, 0) is 6.54 Å². The van der Waals surface area contributed by atoms with Gasteiger partial charge in [0, 0.05) is 49.0 Å². The molecule has 1 fully saturated rings. The predicted octanol–water partition coefficient (Wildman–Crippen LogP) is 2.73. The normalized spacial score (nSPS) is 14.8. The Morgan fingerprint density at radius 1 is 1.03 bits per heavy atom. The number of carbonyl (C=O) groups is 1. The van der Waals surface area contributed by atoms with Crippen molar-refractivity contribution in [3.8, 4) is 11.3 Å². The first-order chi connectivity index (χ1) is 15.2. The van der Waals surface area contributed by atoms with Gasteiger partial charge in [0.2, 0.25) is 0 Å². The first-order valence-electron chi connectivity index (χ1n) is 10.4. The van der Waals surface area contributed by atoms with Gasteiger partial charge in [0.25, 0.3) is 11.5 Å². The largest absolute Gasteiger partial charge is 0.337 e. The zero-order chi connectivity index (χ0) is 21.2. The van der Waals surface area contributed by atoms with Gasteiger partial charge in [-0.2, -0.15) is 10.2 Å². The molecule has 31 heavy (non-hydrogen) atoms. The fourth-order valence-corrected chi connectivity index (χ4v) is 4.10. The molecular weight excluding hydrogens is 392 g/mol. The molecule has 0 atom stereocenters. The molecule has 0 unspecified atom stereocenters. The van der Waals surface area contributed by atoms with E-state index in [9.17, 15) is 9.59 Å². The number of H-pyrrole nitrogens is 1. The van der Waals surface area contributed by atoms with Gasteiger partial charge >= 0.3 is 0 Å². The summed E-state index contributed by atoms with van der Waals surface area (Å²) in [5, 5.41) is 12.6. The summed E-state index contributed by atoms with van der Waals surface area (Å²) in [6.45, 7) is 1.83. The fraction of sp³-hybridized carbons (Fsp3) is 0.261. The van der Waals surface area contributed by atoms with Gasteiger partial charge in [0.15, 0.2) is 5.69 Å². The van der Waals surface area contributed by atoms with E-state index in [-0.39, 0.29) is 17.4 Å². The second-order valence-electron chi connectivity index (χ2n) is 7.83. The number of benzene rings is 1. The molecule has 1 amide bonds. The molecule has 8 nitrogen and oxygen atoms in total. The SMILES string of the molecule is O=C(c1n[nH]c2ccccc12)N1CCC(Cn2nc(-c3ccncc3)ccc2=O)CC1. The van der Waals surface area contributed by atoms with Gasteiger partial charge in [0.05, 0.1) is 11.2 Å². The number of aromatic nitrogens is 5. The van der Waals surface area contributed by atoms with Crippen LogP contribution in [0.4, 0.5) is 0 Å². The van der Waals surface area contributed by atoms with Crippen LogP contribution in [0.2, 0.25) is 0 Å². The number of piperidine rings is 1. The number of pyridine rings is 1. The Balaban J connectivity index is 1.26. The average Bonchev–Trinajstić information content (AvgIpc) is 3.25. The zero-order valence-corrected chi connectivity index (χ0v) is 16.9. The van der Waals surface area contributed by atoms with Crippen molar-refractivity contribution in [3.63, 3.8) is 0 Å². The van der Waals surface area contributed by atoms with Gasteiger partial charge in [-0.05, 0) is 43.0 Å². The van der Waals surface area contributed by atoms with Gasteiger partial charge in [0.1, 0.15) is 0 Å². The number of rotatable bonds is 4. The van der Waals surface area contributed by atoms with Crippen LogP contribution >= 0.6 is 0 Å². The molecule has 156 valence electrons. The van der Waals surface area contributed by atoms with Crippen LogP contribution in [0.25, 0.3) is 22.2 Å². The molecule has 1 aliphatic heterocycles. The summed E-state index contributed by atoms with van der Waals surface area (Å²) < 4.78 is 1.54. The summed E-state index contributed by atoms with van der Waals surface area (Å²) in [5.74, 6) is 0.240. The summed E-state index contributed by atoms with van der Waals surface area (Å²) in [4.78, 5) is 31.2. The summed E-state index contributed by atoms with van der Waals surface area (Å²) in [6.07, 6.45) is 5.06. The van der Waals surface area contributed by atoms with E-state index in [0.29, 0.717) is 25.3 Å². The highest BCUT2D eigenvalue weighted by Gasteiger charge is 2.26. The molecule has 1 aromatic carbocycles. The van der Waals surface area contributed by atoms with Crippen molar-refractivity contribution >= 4 is 16.8 Å². The second kappa shape index (κ2) is 8.14. The maximum absolute atomic E-state index is 13.0. The Kier molecular flexibility index (Phi) is 5.03. The molecule has 8 heteroatoms. The summed E-state index contributed by atoms with van der Waals surface area (Å²) in [5.41, 5.74) is 2.90. The lowest BCUT2D eigenvalue weighted by Crippen LogP contribution is -2.40. The smallest absolute Gasteiger partial charge is 0.274 e. The molecule has 4 heterocycles. The second-order valence-corrected chi connectivity index (χ2v) is 7.83. The minimum absolute atomic E-state index is 0.0501. The van der Waals surface area contributed by atoms with Crippen molar-refractivity contribution < 1.29 is 4.79 Å². The molecule has 0 bridgehead atoms. The molecule has 1 saturated heterocycles. The molecule has 0 saturated carbocycles. The highest BCUT2D eigenvalue weighted by molar-refractivity contribution is 6.04. The van der Waals surface area contributed by atoms with Crippen molar-refractivity contribution in [1.82, 2.24) is 29.9 Å². The van der Waals surface area contributed by atoms with E-state index in [2.05, 4.69) is 20.3 Å². The molecule has 0 spiro atoms. The van der Waals surface area contributed by atoms with Crippen molar-refractivity contribution in [2.45, 2.75) is 19.4 Å². The number of hydrogen-bond donors (Lipinski definition) is 1. The minimum Gasteiger partial charge on any atom is -0.337 e. The van der Waals surface area contributed by atoms with E-state index in [0.717, 1.165) is 35.0 Å². The number of nitrogens with one attached hydrogen (secondary N) is 1. The number of nitrogens with zero attached hydrogens (tertiary/aromatic N) is 5. The van der Waals surface area contributed by atoms with Crippen molar-refractivity contribution in [1.29, 1.82) is 0 Å². The third-order valence-electron chi connectivity index (χ3n) is 5.85. The van der Waals surface area contributed by atoms with Crippen molar-refractivity contribution in [2.75, 3.05) is 13.1 Å². The molecule has 5 rings (SSSR count). The number of aromatic amines is 1. The summed E-state index contributed by atoms with van der Waals surface area (Å²) in [6, 6.07) is 14.7. The summed E-state index contributed by atoms with van der Waals surface area (Å²) in [7, 11) is 0. The number of amides is 1. The van der Waals surface area contributed by atoms with Crippen LogP contribution in [0.5, 0.6) is 0 Å². The van der Waals surface area contributed by atoms with Crippen LogP contribution in [0.1, 0.15) is 23.3 Å². The Bertz CT molecular complexity index is 1270. The molecule has 0 radical (unpaired) electrons. The maximum atomic E-state index is 13.0.